The quantitative estimate of drug-likeness (QED) is 0.793. The second-order valence-corrected chi connectivity index (χ2v) is 5.67. The van der Waals surface area contributed by atoms with Crippen molar-refractivity contribution in [3.05, 3.63) is 18.0 Å². The van der Waals surface area contributed by atoms with Gasteiger partial charge in [0.25, 0.3) is 0 Å². The Bertz CT molecular complexity index is 395. The maximum absolute atomic E-state index is 5.71. The zero-order valence-corrected chi connectivity index (χ0v) is 11.8. The predicted octanol–water partition coefficient (Wildman–Crippen LogP) is 1.49. The molecule has 1 fully saturated rings. The van der Waals surface area contributed by atoms with E-state index in [2.05, 4.69) is 16.2 Å². The minimum Gasteiger partial charge on any atom is -0.392 e. The molecule has 0 radical (unpaired) electrons. The van der Waals surface area contributed by atoms with Crippen molar-refractivity contribution in [3.63, 3.8) is 0 Å². The Morgan fingerprint density at radius 2 is 2.28 bits per heavy atom. The summed E-state index contributed by atoms with van der Waals surface area (Å²) in [4.78, 5) is 3.05. The summed E-state index contributed by atoms with van der Waals surface area (Å²) in [6.07, 6.45) is 10.3. The molecule has 1 aliphatic carbocycles. The van der Waals surface area contributed by atoms with Crippen molar-refractivity contribution in [3.8, 4) is 0 Å². The van der Waals surface area contributed by atoms with Gasteiger partial charge in [0.05, 0.1) is 11.2 Å². The van der Waals surface area contributed by atoms with Crippen molar-refractivity contribution in [2.75, 3.05) is 13.1 Å². The standard InChI is InChI=1S/C13H22N4S/c1-16-9-11(8-15-16)6-7-17(10-13(14)18)12-4-2-3-5-12/h8-9,12H,2-7,10H2,1H3,(H2,14,18). The summed E-state index contributed by atoms with van der Waals surface area (Å²) < 4.78 is 1.85. The van der Waals surface area contributed by atoms with Gasteiger partial charge < -0.3 is 5.73 Å². The normalized spacial score (nSPS) is 16.6. The Kier molecular flexibility index (Phi) is 4.72. The number of rotatable bonds is 6. The highest BCUT2D eigenvalue weighted by atomic mass is 32.1. The lowest BCUT2D eigenvalue weighted by molar-refractivity contribution is 0.230. The van der Waals surface area contributed by atoms with Crippen molar-refractivity contribution in [1.29, 1.82) is 0 Å². The van der Waals surface area contributed by atoms with Gasteiger partial charge in [0.2, 0.25) is 0 Å². The molecule has 0 spiro atoms. The van der Waals surface area contributed by atoms with Crippen LogP contribution in [0.15, 0.2) is 12.4 Å². The Morgan fingerprint density at radius 1 is 1.56 bits per heavy atom. The maximum atomic E-state index is 5.71. The lowest BCUT2D eigenvalue weighted by atomic mass is 10.1. The van der Waals surface area contributed by atoms with Gasteiger partial charge in [-0.1, -0.05) is 25.1 Å². The van der Waals surface area contributed by atoms with Gasteiger partial charge >= 0.3 is 0 Å². The van der Waals surface area contributed by atoms with Crippen LogP contribution in [-0.2, 0) is 13.5 Å². The van der Waals surface area contributed by atoms with Crippen LogP contribution in [0.1, 0.15) is 31.2 Å². The second-order valence-electron chi connectivity index (χ2n) is 5.15. The molecule has 100 valence electrons. The van der Waals surface area contributed by atoms with E-state index < -0.39 is 0 Å². The average molecular weight is 266 g/mol. The van der Waals surface area contributed by atoms with E-state index >= 15 is 0 Å². The molecule has 0 unspecified atom stereocenters. The highest BCUT2D eigenvalue weighted by molar-refractivity contribution is 7.80. The van der Waals surface area contributed by atoms with Crippen molar-refractivity contribution in [2.24, 2.45) is 12.8 Å². The summed E-state index contributed by atoms with van der Waals surface area (Å²) in [6.45, 7) is 1.77. The number of hydrogen-bond donors (Lipinski definition) is 1. The van der Waals surface area contributed by atoms with Crippen LogP contribution in [-0.4, -0.2) is 38.8 Å². The molecule has 1 aromatic heterocycles. The molecule has 5 heteroatoms. The molecular weight excluding hydrogens is 244 g/mol. The molecule has 4 nitrogen and oxygen atoms in total. The van der Waals surface area contributed by atoms with E-state index in [9.17, 15) is 0 Å². The van der Waals surface area contributed by atoms with Crippen LogP contribution in [0.2, 0.25) is 0 Å². The SMILES string of the molecule is Cn1cc(CCN(CC(N)=S)C2CCCC2)cn1. The molecular formula is C13H22N4S. The van der Waals surface area contributed by atoms with E-state index in [-0.39, 0.29) is 0 Å². The highest BCUT2D eigenvalue weighted by Gasteiger charge is 2.22. The predicted molar refractivity (Wildman–Crippen MR) is 77.5 cm³/mol. The fourth-order valence-corrected chi connectivity index (χ4v) is 2.90. The van der Waals surface area contributed by atoms with E-state index in [4.69, 9.17) is 18.0 Å². The molecule has 1 aromatic rings. The summed E-state index contributed by atoms with van der Waals surface area (Å²) in [5.41, 5.74) is 6.99. The van der Waals surface area contributed by atoms with Crippen LogP contribution in [0.25, 0.3) is 0 Å². The molecule has 18 heavy (non-hydrogen) atoms. The van der Waals surface area contributed by atoms with E-state index in [1.54, 1.807) is 0 Å². The fourth-order valence-electron chi connectivity index (χ4n) is 2.73. The van der Waals surface area contributed by atoms with Crippen molar-refractivity contribution >= 4 is 17.2 Å². The first-order valence-electron chi connectivity index (χ1n) is 6.65. The minimum atomic E-state index is 0.605. The van der Waals surface area contributed by atoms with Crippen LogP contribution in [0.4, 0.5) is 0 Å². The highest BCUT2D eigenvalue weighted by Crippen LogP contribution is 2.23. The van der Waals surface area contributed by atoms with Gasteiger partial charge in [-0.25, -0.2) is 0 Å². The lowest BCUT2D eigenvalue weighted by Gasteiger charge is -2.28. The third-order valence-corrected chi connectivity index (χ3v) is 3.78. The summed E-state index contributed by atoms with van der Waals surface area (Å²) in [5.74, 6) is 0. The number of aromatic nitrogens is 2. The third-order valence-electron chi connectivity index (χ3n) is 3.65. The molecule has 1 heterocycles. The van der Waals surface area contributed by atoms with Gasteiger partial charge in [0.1, 0.15) is 0 Å². The number of nitrogens with two attached hydrogens (primary N) is 1. The molecule has 0 aliphatic heterocycles. The average Bonchev–Trinajstić information content (AvgIpc) is 2.94. The fraction of sp³-hybridized carbons (Fsp3) is 0.692. The summed E-state index contributed by atoms with van der Waals surface area (Å²) in [5, 5.41) is 4.20. The first kappa shape index (κ1) is 13.5. The number of nitrogens with zero attached hydrogens (tertiary/aromatic N) is 3. The smallest absolute Gasteiger partial charge is 0.0870 e. The molecule has 0 aromatic carbocycles. The number of thiocarbonyl (C=S) groups is 1. The van der Waals surface area contributed by atoms with Gasteiger partial charge in [-0.05, 0) is 24.8 Å². The minimum absolute atomic E-state index is 0.605. The van der Waals surface area contributed by atoms with E-state index in [0.29, 0.717) is 11.0 Å². The second kappa shape index (κ2) is 6.29. The first-order chi connectivity index (χ1) is 8.65. The Hall–Kier alpha value is -0.940. The number of hydrogen-bond acceptors (Lipinski definition) is 3. The Labute approximate surface area is 114 Å². The summed E-state index contributed by atoms with van der Waals surface area (Å²) in [7, 11) is 1.95. The van der Waals surface area contributed by atoms with Crippen LogP contribution in [0, 0.1) is 0 Å². The monoisotopic (exact) mass is 266 g/mol. The van der Waals surface area contributed by atoms with Gasteiger partial charge in [-0.2, -0.15) is 5.10 Å². The molecule has 2 N–H and O–H groups in total. The summed E-state index contributed by atoms with van der Waals surface area (Å²) >= 11 is 5.06. The number of aryl methyl sites for hydroxylation is 1. The van der Waals surface area contributed by atoms with Crippen LogP contribution >= 0.6 is 12.2 Å². The van der Waals surface area contributed by atoms with Crippen LogP contribution in [0.3, 0.4) is 0 Å². The van der Waals surface area contributed by atoms with Gasteiger partial charge in [0, 0.05) is 32.4 Å². The Balaban J connectivity index is 1.89. The van der Waals surface area contributed by atoms with Crippen molar-refractivity contribution in [1.82, 2.24) is 14.7 Å². The van der Waals surface area contributed by atoms with Crippen LogP contribution < -0.4 is 5.73 Å². The molecule has 0 bridgehead atoms. The van der Waals surface area contributed by atoms with Crippen molar-refractivity contribution in [2.45, 2.75) is 38.1 Å². The first-order valence-corrected chi connectivity index (χ1v) is 7.06. The summed E-state index contributed by atoms with van der Waals surface area (Å²) in [6, 6.07) is 0.670. The topological polar surface area (TPSA) is 47.1 Å². The van der Waals surface area contributed by atoms with E-state index in [1.165, 1.54) is 31.2 Å². The Morgan fingerprint density at radius 3 is 2.83 bits per heavy atom. The van der Waals surface area contributed by atoms with Gasteiger partial charge in [-0.3, -0.25) is 9.58 Å². The lowest BCUT2D eigenvalue weighted by Crippen LogP contribution is -2.40. The maximum Gasteiger partial charge on any atom is 0.0870 e. The molecule has 0 saturated heterocycles. The molecule has 1 saturated carbocycles. The van der Waals surface area contributed by atoms with Gasteiger partial charge in [0.15, 0.2) is 0 Å². The third kappa shape index (κ3) is 3.78. The molecule has 0 atom stereocenters. The molecule has 0 amide bonds. The molecule has 1 aliphatic rings. The zero-order valence-electron chi connectivity index (χ0n) is 11.0. The van der Waals surface area contributed by atoms with Gasteiger partial charge in [-0.15, -0.1) is 0 Å². The van der Waals surface area contributed by atoms with E-state index in [1.807, 2.05) is 17.9 Å². The van der Waals surface area contributed by atoms with Crippen LogP contribution in [0.5, 0.6) is 0 Å². The molecule has 2 rings (SSSR count). The van der Waals surface area contributed by atoms with E-state index in [0.717, 1.165) is 19.5 Å². The van der Waals surface area contributed by atoms with Crippen molar-refractivity contribution < 1.29 is 0 Å². The zero-order chi connectivity index (χ0) is 13.0. The largest absolute Gasteiger partial charge is 0.392 e.